The Bertz CT molecular complexity index is 725. The van der Waals surface area contributed by atoms with Crippen molar-refractivity contribution in [2.45, 2.75) is 33.1 Å². The highest BCUT2D eigenvalue weighted by atomic mass is 16.5. The van der Waals surface area contributed by atoms with Crippen molar-refractivity contribution in [1.82, 2.24) is 0 Å². The number of nitrogens with one attached hydrogen (secondary N) is 1. The highest BCUT2D eigenvalue weighted by Gasteiger charge is 2.16. The van der Waals surface area contributed by atoms with Gasteiger partial charge in [0, 0.05) is 18.2 Å². The molecule has 2 aromatic rings. The van der Waals surface area contributed by atoms with Gasteiger partial charge in [-0.25, -0.2) is 0 Å². The second-order valence-corrected chi connectivity index (χ2v) is 6.08. The summed E-state index contributed by atoms with van der Waals surface area (Å²) in [5, 5.41) is 2.99. The highest BCUT2D eigenvalue weighted by Crippen LogP contribution is 2.32. The van der Waals surface area contributed by atoms with Crippen molar-refractivity contribution in [3.63, 3.8) is 0 Å². The topological polar surface area (TPSA) is 47.6 Å². The van der Waals surface area contributed by atoms with Gasteiger partial charge in [0.05, 0.1) is 14.2 Å². The number of ether oxygens (including phenoxy) is 2. The average Bonchev–Trinajstić information content (AvgIpc) is 2.56. The van der Waals surface area contributed by atoms with Crippen LogP contribution in [-0.4, -0.2) is 20.1 Å². The summed E-state index contributed by atoms with van der Waals surface area (Å²) in [5.74, 6) is 1.51. The monoisotopic (exact) mass is 327 g/mol. The highest BCUT2D eigenvalue weighted by molar-refractivity contribution is 5.92. The Hall–Kier alpha value is -2.49. The minimum absolute atomic E-state index is 0.00711. The van der Waals surface area contributed by atoms with Gasteiger partial charge in [-0.1, -0.05) is 30.7 Å². The molecule has 0 bridgehead atoms. The van der Waals surface area contributed by atoms with Gasteiger partial charge in [-0.2, -0.15) is 0 Å². The van der Waals surface area contributed by atoms with E-state index in [0.29, 0.717) is 6.42 Å². The molecule has 4 nitrogen and oxygen atoms in total. The van der Waals surface area contributed by atoms with Crippen molar-refractivity contribution in [2.75, 3.05) is 19.5 Å². The van der Waals surface area contributed by atoms with Crippen LogP contribution in [0.1, 0.15) is 36.0 Å². The Morgan fingerprint density at radius 2 is 1.83 bits per heavy atom. The van der Waals surface area contributed by atoms with Crippen LogP contribution in [-0.2, 0) is 4.79 Å². The minimum Gasteiger partial charge on any atom is -0.497 e. The van der Waals surface area contributed by atoms with E-state index >= 15 is 0 Å². The summed E-state index contributed by atoms with van der Waals surface area (Å²) in [6, 6.07) is 11.7. The molecule has 24 heavy (non-hydrogen) atoms. The third-order valence-corrected chi connectivity index (χ3v) is 4.12. The predicted molar refractivity (Wildman–Crippen MR) is 97.1 cm³/mol. The minimum atomic E-state index is -0.00711. The second-order valence-electron chi connectivity index (χ2n) is 6.08. The van der Waals surface area contributed by atoms with Crippen LogP contribution in [0.3, 0.4) is 0 Å². The van der Waals surface area contributed by atoms with Gasteiger partial charge in [0.1, 0.15) is 11.5 Å². The number of methoxy groups -OCH3 is 2. The van der Waals surface area contributed by atoms with Crippen molar-refractivity contribution >= 4 is 11.6 Å². The lowest BCUT2D eigenvalue weighted by Gasteiger charge is -2.17. The molecule has 0 spiro atoms. The molecule has 1 amide bonds. The summed E-state index contributed by atoms with van der Waals surface area (Å²) in [6.45, 7) is 6.06. The fourth-order valence-corrected chi connectivity index (χ4v) is 2.77. The van der Waals surface area contributed by atoms with E-state index in [1.165, 1.54) is 5.56 Å². The van der Waals surface area contributed by atoms with Crippen molar-refractivity contribution < 1.29 is 14.3 Å². The van der Waals surface area contributed by atoms with Crippen LogP contribution >= 0.6 is 0 Å². The number of carbonyl (C=O) groups is 1. The summed E-state index contributed by atoms with van der Waals surface area (Å²) in [5.41, 5.74) is 4.11. The summed E-state index contributed by atoms with van der Waals surface area (Å²) in [4.78, 5) is 12.4. The third kappa shape index (κ3) is 4.28. The first-order valence-electron chi connectivity index (χ1n) is 8.03. The van der Waals surface area contributed by atoms with Crippen LogP contribution < -0.4 is 14.8 Å². The molecule has 0 aromatic heterocycles. The van der Waals surface area contributed by atoms with Gasteiger partial charge in [-0.15, -0.1) is 0 Å². The van der Waals surface area contributed by atoms with Crippen LogP contribution in [0, 0.1) is 13.8 Å². The number of benzene rings is 2. The second kappa shape index (κ2) is 7.86. The quantitative estimate of drug-likeness (QED) is 0.852. The zero-order chi connectivity index (χ0) is 17.7. The molecule has 2 aromatic carbocycles. The van der Waals surface area contributed by atoms with Crippen molar-refractivity contribution in [1.29, 1.82) is 0 Å². The standard InChI is InChI=1S/C20H25NO3/c1-13-6-9-18(15(3)10-13)21-20(22)11-14(2)17-8-7-16(23-4)12-19(17)24-5/h6-10,12,14H,11H2,1-5H3,(H,21,22). The summed E-state index contributed by atoms with van der Waals surface area (Å²) < 4.78 is 10.6. The van der Waals surface area contributed by atoms with E-state index in [4.69, 9.17) is 9.47 Å². The molecule has 0 aliphatic rings. The van der Waals surface area contributed by atoms with E-state index in [1.54, 1.807) is 14.2 Å². The van der Waals surface area contributed by atoms with E-state index in [-0.39, 0.29) is 11.8 Å². The van der Waals surface area contributed by atoms with Gasteiger partial charge in [0.2, 0.25) is 5.91 Å². The van der Waals surface area contributed by atoms with Crippen LogP contribution in [0.25, 0.3) is 0 Å². The third-order valence-electron chi connectivity index (χ3n) is 4.12. The van der Waals surface area contributed by atoms with Crippen molar-refractivity contribution in [3.8, 4) is 11.5 Å². The summed E-state index contributed by atoms with van der Waals surface area (Å²) >= 11 is 0. The molecular weight excluding hydrogens is 302 g/mol. The molecule has 4 heteroatoms. The van der Waals surface area contributed by atoms with E-state index in [2.05, 4.69) is 11.4 Å². The zero-order valence-corrected chi connectivity index (χ0v) is 15.0. The number of hydrogen-bond acceptors (Lipinski definition) is 3. The Morgan fingerprint density at radius 1 is 1.08 bits per heavy atom. The van der Waals surface area contributed by atoms with Crippen LogP contribution in [0.15, 0.2) is 36.4 Å². The number of amides is 1. The molecule has 1 atom stereocenters. The van der Waals surface area contributed by atoms with E-state index < -0.39 is 0 Å². The number of rotatable bonds is 6. The van der Waals surface area contributed by atoms with E-state index in [9.17, 15) is 4.79 Å². The van der Waals surface area contributed by atoms with Crippen LogP contribution in [0.4, 0.5) is 5.69 Å². The Kier molecular flexibility index (Phi) is 5.85. The molecule has 0 heterocycles. The molecule has 0 saturated heterocycles. The first kappa shape index (κ1) is 17.9. The van der Waals surface area contributed by atoms with E-state index in [1.807, 2.05) is 51.1 Å². The molecule has 0 saturated carbocycles. The number of anilines is 1. The van der Waals surface area contributed by atoms with Crippen molar-refractivity contribution in [3.05, 3.63) is 53.1 Å². The maximum absolute atomic E-state index is 12.4. The zero-order valence-electron chi connectivity index (χ0n) is 15.0. The lowest BCUT2D eigenvalue weighted by Crippen LogP contribution is -2.15. The Balaban J connectivity index is 2.08. The molecule has 0 aliphatic heterocycles. The Morgan fingerprint density at radius 3 is 2.46 bits per heavy atom. The normalized spacial score (nSPS) is 11.7. The lowest BCUT2D eigenvalue weighted by molar-refractivity contribution is -0.116. The van der Waals surface area contributed by atoms with Gasteiger partial charge in [0.25, 0.3) is 0 Å². The first-order chi connectivity index (χ1) is 11.4. The van der Waals surface area contributed by atoms with Gasteiger partial charge in [-0.05, 0) is 43.0 Å². The number of carbonyl (C=O) groups excluding carboxylic acids is 1. The maximum Gasteiger partial charge on any atom is 0.224 e. The average molecular weight is 327 g/mol. The fourth-order valence-electron chi connectivity index (χ4n) is 2.77. The van der Waals surface area contributed by atoms with Gasteiger partial charge < -0.3 is 14.8 Å². The first-order valence-corrected chi connectivity index (χ1v) is 8.03. The van der Waals surface area contributed by atoms with Gasteiger partial charge in [0.15, 0.2) is 0 Å². The molecule has 1 N–H and O–H groups in total. The van der Waals surface area contributed by atoms with Gasteiger partial charge >= 0.3 is 0 Å². The van der Waals surface area contributed by atoms with Crippen LogP contribution in [0.5, 0.6) is 11.5 Å². The Labute approximate surface area is 143 Å². The predicted octanol–water partition coefficient (Wildman–Crippen LogP) is 4.45. The van der Waals surface area contributed by atoms with Gasteiger partial charge in [-0.3, -0.25) is 4.79 Å². The molecule has 128 valence electrons. The SMILES string of the molecule is COc1ccc(C(C)CC(=O)Nc2ccc(C)cc2C)c(OC)c1. The molecule has 0 aliphatic carbocycles. The summed E-state index contributed by atoms with van der Waals surface area (Å²) in [6.07, 6.45) is 0.385. The summed E-state index contributed by atoms with van der Waals surface area (Å²) in [7, 11) is 3.25. The smallest absolute Gasteiger partial charge is 0.224 e. The number of hydrogen-bond donors (Lipinski definition) is 1. The molecular formula is C20H25NO3. The fraction of sp³-hybridized carbons (Fsp3) is 0.350. The largest absolute Gasteiger partial charge is 0.497 e. The molecule has 0 radical (unpaired) electrons. The maximum atomic E-state index is 12.4. The lowest BCUT2D eigenvalue weighted by atomic mass is 9.96. The molecule has 1 unspecified atom stereocenters. The van der Waals surface area contributed by atoms with Crippen LogP contribution in [0.2, 0.25) is 0 Å². The molecule has 2 rings (SSSR count). The number of aryl methyl sites for hydroxylation is 2. The molecule has 0 fully saturated rings. The van der Waals surface area contributed by atoms with Crippen molar-refractivity contribution in [2.24, 2.45) is 0 Å². The van der Waals surface area contributed by atoms with E-state index in [0.717, 1.165) is 28.3 Å².